The zero-order valence-corrected chi connectivity index (χ0v) is 11.1. The fourth-order valence-corrected chi connectivity index (χ4v) is 2.57. The van der Waals surface area contributed by atoms with Gasteiger partial charge in [-0.2, -0.15) is 5.10 Å². The molecule has 1 aliphatic heterocycles. The van der Waals surface area contributed by atoms with E-state index in [4.69, 9.17) is 5.73 Å². The summed E-state index contributed by atoms with van der Waals surface area (Å²) in [7, 11) is 0. The maximum Gasteiger partial charge on any atom is 0.256 e. The van der Waals surface area contributed by atoms with Gasteiger partial charge in [-0.3, -0.25) is 9.89 Å². The van der Waals surface area contributed by atoms with Gasteiger partial charge in [0.1, 0.15) is 0 Å². The quantitative estimate of drug-likeness (QED) is 0.472. The Kier molecular flexibility index (Phi) is 2.35. The second-order valence-electron chi connectivity index (χ2n) is 5.03. The van der Waals surface area contributed by atoms with Crippen LogP contribution in [0.15, 0.2) is 42.6 Å². The lowest BCUT2D eigenvalue weighted by Crippen LogP contribution is -2.03. The van der Waals surface area contributed by atoms with Crippen LogP contribution in [-0.2, 0) is 4.79 Å². The predicted octanol–water partition coefficient (Wildman–Crippen LogP) is 2.64. The van der Waals surface area contributed by atoms with Gasteiger partial charge in [-0.05, 0) is 29.8 Å². The summed E-state index contributed by atoms with van der Waals surface area (Å²) >= 11 is 0. The lowest BCUT2D eigenvalue weighted by molar-refractivity contribution is -0.110. The van der Waals surface area contributed by atoms with E-state index < -0.39 is 0 Å². The Bertz CT molecular complexity index is 908. The van der Waals surface area contributed by atoms with Crippen LogP contribution in [-0.4, -0.2) is 16.1 Å². The van der Waals surface area contributed by atoms with Crippen molar-refractivity contribution >= 4 is 39.8 Å². The van der Waals surface area contributed by atoms with E-state index in [0.29, 0.717) is 11.3 Å². The van der Waals surface area contributed by atoms with Gasteiger partial charge in [-0.15, -0.1) is 0 Å². The second-order valence-corrected chi connectivity index (χ2v) is 5.03. The highest BCUT2D eigenvalue weighted by Crippen LogP contribution is 2.34. The van der Waals surface area contributed by atoms with Crippen LogP contribution in [0.5, 0.6) is 0 Å². The number of nitrogens with zero attached hydrogens (tertiary/aromatic N) is 1. The van der Waals surface area contributed by atoms with E-state index in [1.54, 1.807) is 18.3 Å². The lowest BCUT2D eigenvalue weighted by Gasteiger charge is -2.00. The molecule has 0 spiro atoms. The average Bonchev–Trinajstić information content (AvgIpc) is 3.03. The molecule has 1 aliphatic rings. The summed E-state index contributed by atoms with van der Waals surface area (Å²) in [6, 6.07) is 11.3. The van der Waals surface area contributed by atoms with Crippen LogP contribution in [0.3, 0.4) is 0 Å². The van der Waals surface area contributed by atoms with Crippen LogP contribution in [0.2, 0.25) is 0 Å². The summed E-state index contributed by atoms with van der Waals surface area (Å²) in [5.41, 5.74) is 10.5. The molecule has 0 saturated carbocycles. The first kappa shape index (κ1) is 11.7. The first-order valence-electron chi connectivity index (χ1n) is 6.57. The summed E-state index contributed by atoms with van der Waals surface area (Å²) < 4.78 is 0. The molecule has 0 bridgehead atoms. The number of hydrogen-bond acceptors (Lipinski definition) is 3. The predicted molar refractivity (Wildman–Crippen MR) is 83.4 cm³/mol. The minimum Gasteiger partial charge on any atom is -0.399 e. The normalized spacial score (nSPS) is 15.4. The van der Waals surface area contributed by atoms with Gasteiger partial charge in [0, 0.05) is 22.2 Å². The molecule has 5 nitrogen and oxygen atoms in total. The van der Waals surface area contributed by atoms with Crippen LogP contribution in [0, 0.1) is 0 Å². The monoisotopic (exact) mass is 276 g/mol. The molecule has 2 aromatic carbocycles. The molecule has 0 atom stereocenters. The number of fused-ring (bicyclic) bond motifs is 2. The topological polar surface area (TPSA) is 83.8 Å². The van der Waals surface area contributed by atoms with Gasteiger partial charge in [0.05, 0.1) is 17.4 Å². The molecular weight excluding hydrogens is 264 g/mol. The van der Waals surface area contributed by atoms with Crippen molar-refractivity contribution in [3.8, 4) is 0 Å². The van der Waals surface area contributed by atoms with Crippen LogP contribution in [0.4, 0.5) is 11.4 Å². The van der Waals surface area contributed by atoms with Gasteiger partial charge in [0.15, 0.2) is 0 Å². The van der Waals surface area contributed by atoms with E-state index in [1.165, 1.54) is 0 Å². The van der Waals surface area contributed by atoms with Crippen molar-refractivity contribution in [1.29, 1.82) is 0 Å². The van der Waals surface area contributed by atoms with Crippen LogP contribution < -0.4 is 11.1 Å². The molecule has 0 saturated heterocycles. The number of aromatic nitrogens is 2. The Morgan fingerprint density at radius 2 is 2.05 bits per heavy atom. The zero-order valence-electron chi connectivity index (χ0n) is 11.1. The highest BCUT2D eigenvalue weighted by Gasteiger charge is 2.23. The van der Waals surface area contributed by atoms with Crippen LogP contribution >= 0.6 is 0 Å². The molecule has 102 valence electrons. The Balaban J connectivity index is 1.84. The maximum absolute atomic E-state index is 12.1. The van der Waals surface area contributed by atoms with E-state index in [-0.39, 0.29) is 5.91 Å². The number of carbonyl (C=O) groups is 1. The molecule has 0 aliphatic carbocycles. The minimum absolute atomic E-state index is 0.111. The zero-order chi connectivity index (χ0) is 14.4. The molecule has 0 fully saturated rings. The number of hydrogen-bond donors (Lipinski definition) is 3. The SMILES string of the molecule is Nc1ccc2c(c1)NC(=O)/C2=C/c1ccc2cn[nH]c2c1. The van der Waals surface area contributed by atoms with Gasteiger partial charge >= 0.3 is 0 Å². The summed E-state index contributed by atoms with van der Waals surface area (Å²) in [6.45, 7) is 0. The Morgan fingerprint density at radius 3 is 2.95 bits per heavy atom. The third kappa shape index (κ3) is 1.87. The van der Waals surface area contributed by atoms with Crippen molar-refractivity contribution in [1.82, 2.24) is 10.2 Å². The fourth-order valence-electron chi connectivity index (χ4n) is 2.57. The van der Waals surface area contributed by atoms with Crippen molar-refractivity contribution in [2.75, 3.05) is 11.1 Å². The van der Waals surface area contributed by atoms with Crippen LogP contribution in [0.1, 0.15) is 11.1 Å². The number of nitrogen functional groups attached to an aromatic ring is 1. The van der Waals surface area contributed by atoms with E-state index in [0.717, 1.165) is 27.7 Å². The molecule has 1 aromatic heterocycles. The van der Waals surface area contributed by atoms with Crippen molar-refractivity contribution in [3.63, 3.8) is 0 Å². The number of benzene rings is 2. The van der Waals surface area contributed by atoms with E-state index in [9.17, 15) is 4.79 Å². The number of anilines is 2. The number of nitrogens with two attached hydrogens (primary N) is 1. The van der Waals surface area contributed by atoms with Crippen molar-refractivity contribution in [2.45, 2.75) is 0 Å². The number of carbonyl (C=O) groups excluding carboxylic acids is 1. The number of nitrogens with one attached hydrogen (secondary N) is 2. The van der Waals surface area contributed by atoms with Gasteiger partial charge in [0.25, 0.3) is 5.91 Å². The third-order valence-electron chi connectivity index (χ3n) is 3.60. The Labute approximate surface area is 120 Å². The molecule has 2 heterocycles. The van der Waals surface area contributed by atoms with Gasteiger partial charge in [-0.25, -0.2) is 0 Å². The maximum atomic E-state index is 12.1. The summed E-state index contributed by atoms with van der Waals surface area (Å²) in [5, 5.41) is 10.8. The molecule has 21 heavy (non-hydrogen) atoms. The van der Waals surface area contributed by atoms with Crippen LogP contribution in [0.25, 0.3) is 22.6 Å². The average molecular weight is 276 g/mol. The first-order valence-corrected chi connectivity index (χ1v) is 6.57. The van der Waals surface area contributed by atoms with Gasteiger partial charge < -0.3 is 11.1 Å². The summed E-state index contributed by atoms with van der Waals surface area (Å²) in [5.74, 6) is -0.111. The molecule has 4 N–H and O–H groups in total. The van der Waals surface area contributed by atoms with Gasteiger partial charge in [0.2, 0.25) is 0 Å². The molecule has 1 amide bonds. The standard InChI is InChI=1S/C16H12N4O/c17-11-3-4-12-13(16(21)19-15(12)7-11)5-9-1-2-10-8-18-20-14(10)6-9/h1-8H,17H2,(H,18,20)(H,19,21)/b13-5+. The van der Waals surface area contributed by atoms with Crippen molar-refractivity contribution < 1.29 is 4.79 Å². The second kappa shape index (κ2) is 4.21. The van der Waals surface area contributed by atoms with E-state index in [1.807, 2.05) is 30.3 Å². The Morgan fingerprint density at radius 1 is 1.14 bits per heavy atom. The number of H-pyrrole nitrogens is 1. The van der Waals surface area contributed by atoms with Gasteiger partial charge in [-0.1, -0.05) is 18.2 Å². The smallest absolute Gasteiger partial charge is 0.256 e. The number of amides is 1. The summed E-state index contributed by atoms with van der Waals surface area (Å²) in [6.07, 6.45) is 3.64. The molecule has 5 heteroatoms. The molecule has 4 rings (SSSR count). The molecule has 0 unspecified atom stereocenters. The minimum atomic E-state index is -0.111. The molecular formula is C16H12N4O. The largest absolute Gasteiger partial charge is 0.399 e. The highest BCUT2D eigenvalue weighted by atomic mass is 16.2. The van der Waals surface area contributed by atoms with E-state index >= 15 is 0 Å². The fraction of sp³-hybridized carbons (Fsp3) is 0. The van der Waals surface area contributed by atoms with E-state index in [2.05, 4.69) is 15.5 Å². The molecule has 0 radical (unpaired) electrons. The highest BCUT2D eigenvalue weighted by molar-refractivity contribution is 6.35. The Hall–Kier alpha value is -3.08. The van der Waals surface area contributed by atoms with Crippen molar-refractivity contribution in [2.24, 2.45) is 0 Å². The lowest BCUT2D eigenvalue weighted by atomic mass is 10.0. The molecule has 3 aromatic rings. The number of rotatable bonds is 1. The third-order valence-corrected chi connectivity index (χ3v) is 3.60. The van der Waals surface area contributed by atoms with Crippen molar-refractivity contribution in [3.05, 3.63) is 53.7 Å². The first-order chi connectivity index (χ1) is 10.2. The summed E-state index contributed by atoms with van der Waals surface area (Å²) in [4.78, 5) is 12.1. The number of aromatic amines is 1.